The minimum Gasteiger partial charge on any atom is -0.349 e. The molecule has 2 aromatic heterocycles. The number of halogens is 1. The van der Waals surface area contributed by atoms with Crippen LogP contribution in [-0.2, 0) is 0 Å². The third kappa shape index (κ3) is 3.17. The Bertz CT molecular complexity index is 1030. The molecule has 132 valence electrons. The highest BCUT2D eigenvalue weighted by Crippen LogP contribution is 2.26. The maximum atomic E-state index is 12.3. The first kappa shape index (κ1) is 17.0. The lowest BCUT2D eigenvalue weighted by Gasteiger charge is -2.09. The normalized spacial score (nSPS) is 14.3. The Labute approximate surface area is 160 Å². The quantitative estimate of drug-likeness (QED) is 0.693. The van der Waals surface area contributed by atoms with Crippen molar-refractivity contribution < 1.29 is 4.79 Å². The molecule has 1 aliphatic rings. The number of fused-ring (bicyclic) bond motifs is 1. The zero-order chi connectivity index (χ0) is 18.3. The van der Waals surface area contributed by atoms with Crippen LogP contribution in [0.1, 0.15) is 41.3 Å². The predicted molar refractivity (Wildman–Crippen MR) is 106 cm³/mol. The van der Waals surface area contributed by atoms with E-state index in [-0.39, 0.29) is 5.91 Å². The smallest absolute Gasteiger partial charge is 0.251 e. The Morgan fingerprint density at radius 3 is 2.85 bits per heavy atom. The SMILES string of the molecule is CC=Cc1cc(Br)nn2c(-c3ccc(C(=O)NC4CC4)c(C)c3)cnc12. The van der Waals surface area contributed by atoms with Crippen molar-refractivity contribution in [1.82, 2.24) is 19.9 Å². The molecular formula is C20H19BrN4O. The number of carbonyl (C=O) groups excluding carboxylic acids is 1. The molecule has 6 heteroatoms. The van der Waals surface area contributed by atoms with E-state index in [0.29, 0.717) is 6.04 Å². The summed E-state index contributed by atoms with van der Waals surface area (Å²) in [6, 6.07) is 8.15. The highest BCUT2D eigenvalue weighted by Gasteiger charge is 2.24. The number of rotatable bonds is 4. The molecule has 4 rings (SSSR count). The third-order valence-electron chi connectivity index (χ3n) is 4.49. The molecule has 0 spiro atoms. The molecule has 1 fully saturated rings. The van der Waals surface area contributed by atoms with Gasteiger partial charge in [-0.3, -0.25) is 4.79 Å². The fourth-order valence-corrected chi connectivity index (χ4v) is 3.43. The minimum absolute atomic E-state index is 0.00549. The van der Waals surface area contributed by atoms with Gasteiger partial charge in [-0.1, -0.05) is 18.2 Å². The number of allylic oxidation sites excluding steroid dienone is 1. The van der Waals surface area contributed by atoms with Crippen molar-refractivity contribution in [2.75, 3.05) is 0 Å². The van der Waals surface area contributed by atoms with Crippen LogP contribution in [0.4, 0.5) is 0 Å². The Kier molecular flexibility index (Phi) is 4.36. The third-order valence-corrected chi connectivity index (χ3v) is 4.88. The molecule has 26 heavy (non-hydrogen) atoms. The van der Waals surface area contributed by atoms with Gasteiger partial charge < -0.3 is 5.32 Å². The van der Waals surface area contributed by atoms with Crippen molar-refractivity contribution in [3.63, 3.8) is 0 Å². The van der Waals surface area contributed by atoms with Gasteiger partial charge in [-0.2, -0.15) is 5.10 Å². The van der Waals surface area contributed by atoms with Gasteiger partial charge in [0.25, 0.3) is 5.91 Å². The number of benzene rings is 1. The number of imidazole rings is 1. The Balaban J connectivity index is 1.75. The number of aromatic nitrogens is 3. The molecule has 1 aromatic carbocycles. The standard InChI is InChI=1S/C20H19BrN4O/c1-3-4-14-10-18(21)24-25-17(11-22-19(14)25)13-5-8-16(12(2)9-13)20(26)23-15-6-7-15/h3-5,8-11,15H,6-7H2,1-2H3,(H,23,26). The van der Waals surface area contributed by atoms with Crippen molar-refractivity contribution in [2.24, 2.45) is 0 Å². The summed E-state index contributed by atoms with van der Waals surface area (Å²) in [6.45, 7) is 3.94. The van der Waals surface area contributed by atoms with Crippen molar-refractivity contribution in [3.05, 3.63) is 57.8 Å². The van der Waals surface area contributed by atoms with Crippen LogP contribution in [-0.4, -0.2) is 26.5 Å². The van der Waals surface area contributed by atoms with Crippen LogP contribution in [0.25, 0.3) is 23.0 Å². The van der Waals surface area contributed by atoms with E-state index in [0.717, 1.165) is 51.0 Å². The number of hydrogen-bond donors (Lipinski definition) is 1. The van der Waals surface area contributed by atoms with Gasteiger partial charge >= 0.3 is 0 Å². The van der Waals surface area contributed by atoms with Crippen molar-refractivity contribution >= 4 is 33.6 Å². The number of aryl methyl sites for hydroxylation is 1. The summed E-state index contributed by atoms with van der Waals surface area (Å²) in [5.41, 5.74) is 5.34. The predicted octanol–water partition coefficient (Wildman–Crippen LogP) is 4.39. The van der Waals surface area contributed by atoms with Crippen LogP contribution >= 0.6 is 15.9 Å². The fourth-order valence-electron chi connectivity index (χ4n) is 3.03. The lowest BCUT2D eigenvalue weighted by molar-refractivity contribution is 0.0950. The molecule has 2 heterocycles. The number of nitrogens with one attached hydrogen (secondary N) is 1. The molecule has 3 aromatic rings. The Morgan fingerprint density at radius 1 is 1.35 bits per heavy atom. The van der Waals surface area contributed by atoms with Gasteiger partial charge in [-0.25, -0.2) is 9.50 Å². The van der Waals surface area contributed by atoms with Gasteiger partial charge in [-0.15, -0.1) is 0 Å². The minimum atomic E-state index is 0.00549. The van der Waals surface area contributed by atoms with E-state index in [4.69, 9.17) is 0 Å². The van der Waals surface area contributed by atoms with Gasteiger partial charge in [0, 0.05) is 22.7 Å². The molecule has 0 bridgehead atoms. The molecule has 1 saturated carbocycles. The average molecular weight is 411 g/mol. The topological polar surface area (TPSA) is 59.3 Å². The zero-order valence-electron chi connectivity index (χ0n) is 14.7. The van der Waals surface area contributed by atoms with E-state index >= 15 is 0 Å². The number of carbonyl (C=O) groups is 1. The van der Waals surface area contributed by atoms with Gasteiger partial charge in [0.05, 0.1) is 11.9 Å². The van der Waals surface area contributed by atoms with Crippen LogP contribution in [0.15, 0.2) is 41.1 Å². The summed E-state index contributed by atoms with van der Waals surface area (Å²) < 4.78 is 2.58. The molecule has 1 aliphatic carbocycles. The van der Waals surface area contributed by atoms with Crippen LogP contribution in [0.3, 0.4) is 0 Å². The number of nitrogens with zero attached hydrogens (tertiary/aromatic N) is 3. The van der Waals surface area contributed by atoms with E-state index < -0.39 is 0 Å². The molecule has 1 N–H and O–H groups in total. The van der Waals surface area contributed by atoms with E-state index in [1.165, 1.54) is 0 Å². The zero-order valence-corrected chi connectivity index (χ0v) is 16.2. The highest BCUT2D eigenvalue weighted by molar-refractivity contribution is 9.10. The van der Waals surface area contributed by atoms with E-state index in [1.54, 1.807) is 0 Å². The second-order valence-electron chi connectivity index (χ2n) is 6.58. The summed E-state index contributed by atoms with van der Waals surface area (Å²) in [7, 11) is 0. The Hall–Kier alpha value is -2.47. The van der Waals surface area contributed by atoms with Crippen molar-refractivity contribution in [1.29, 1.82) is 0 Å². The number of hydrogen-bond acceptors (Lipinski definition) is 3. The monoisotopic (exact) mass is 410 g/mol. The second-order valence-corrected chi connectivity index (χ2v) is 7.39. The van der Waals surface area contributed by atoms with Crippen LogP contribution in [0.2, 0.25) is 0 Å². The molecule has 0 radical (unpaired) electrons. The van der Waals surface area contributed by atoms with Crippen molar-refractivity contribution in [3.8, 4) is 11.3 Å². The largest absolute Gasteiger partial charge is 0.349 e. The fraction of sp³-hybridized carbons (Fsp3) is 0.250. The van der Waals surface area contributed by atoms with E-state index in [2.05, 4.69) is 31.3 Å². The molecule has 5 nitrogen and oxygen atoms in total. The van der Waals surface area contributed by atoms with Gasteiger partial charge in [0.2, 0.25) is 0 Å². The maximum Gasteiger partial charge on any atom is 0.251 e. The van der Waals surface area contributed by atoms with Gasteiger partial charge in [0.15, 0.2) is 5.65 Å². The van der Waals surface area contributed by atoms with E-state index in [1.807, 2.05) is 61.0 Å². The van der Waals surface area contributed by atoms with Crippen molar-refractivity contribution in [2.45, 2.75) is 32.7 Å². The van der Waals surface area contributed by atoms with Crippen LogP contribution < -0.4 is 5.32 Å². The van der Waals surface area contributed by atoms with Crippen LogP contribution in [0, 0.1) is 6.92 Å². The molecular weight excluding hydrogens is 392 g/mol. The highest BCUT2D eigenvalue weighted by atomic mass is 79.9. The molecule has 0 atom stereocenters. The first-order valence-electron chi connectivity index (χ1n) is 8.65. The van der Waals surface area contributed by atoms with Gasteiger partial charge in [-0.05, 0) is 66.4 Å². The lowest BCUT2D eigenvalue weighted by atomic mass is 10.0. The number of amides is 1. The van der Waals surface area contributed by atoms with E-state index in [9.17, 15) is 4.79 Å². The molecule has 0 aliphatic heterocycles. The first-order valence-corrected chi connectivity index (χ1v) is 9.45. The first-order chi connectivity index (χ1) is 12.6. The summed E-state index contributed by atoms with van der Waals surface area (Å²) in [5.74, 6) is 0.00549. The van der Waals surface area contributed by atoms with Crippen LogP contribution in [0.5, 0.6) is 0 Å². The Morgan fingerprint density at radius 2 is 2.15 bits per heavy atom. The second kappa shape index (κ2) is 6.68. The molecule has 0 unspecified atom stereocenters. The summed E-state index contributed by atoms with van der Waals surface area (Å²) >= 11 is 3.47. The average Bonchev–Trinajstić information content (AvgIpc) is 3.31. The summed E-state index contributed by atoms with van der Waals surface area (Å²) in [6.07, 6.45) is 7.97. The lowest BCUT2D eigenvalue weighted by Crippen LogP contribution is -2.26. The molecule has 1 amide bonds. The maximum absolute atomic E-state index is 12.3. The summed E-state index contributed by atoms with van der Waals surface area (Å²) in [5, 5.41) is 7.59. The summed E-state index contributed by atoms with van der Waals surface area (Å²) in [4.78, 5) is 16.9. The van der Waals surface area contributed by atoms with Gasteiger partial charge in [0.1, 0.15) is 4.60 Å². The molecule has 0 saturated heterocycles.